The molecule has 0 fully saturated rings. The van der Waals surface area contributed by atoms with Gasteiger partial charge in [-0.1, -0.05) is 30.3 Å². The van der Waals surface area contributed by atoms with E-state index in [1.807, 2.05) is 49.4 Å². The summed E-state index contributed by atoms with van der Waals surface area (Å²) in [4.78, 5) is 29.5. The molecule has 7 heteroatoms. The van der Waals surface area contributed by atoms with Gasteiger partial charge in [0.25, 0.3) is 5.56 Å². The minimum absolute atomic E-state index is 0.147. The highest BCUT2D eigenvalue weighted by Gasteiger charge is 2.17. The van der Waals surface area contributed by atoms with Crippen molar-refractivity contribution in [3.63, 3.8) is 0 Å². The van der Waals surface area contributed by atoms with Crippen LogP contribution >= 0.6 is 0 Å². The van der Waals surface area contributed by atoms with Crippen LogP contribution in [0.3, 0.4) is 0 Å². The fraction of sp³-hybridized carbons (Fsp3) is 0.190. The Balaban J connectivity index is 1.57. The molecule has 0 spiro atoms. The molecular weight excluding hydrogens is 358 g/mol. The van der Waals surface area contributed by atoms with Gasteiger partial charge in [0.2, 0.25) is 11.5 Å². The van der Waals surface area contributed by atoms with Crippen molar-refractivity contribution in [3.05, 3.63) is 70.8 Å². The number of fused-ring (bicyclic) bond motifs is 3. The van der Waals surface area contributed by atoms with E-state index in [0.29, 0.717) is 16.8 Å². The number of amides is 1. The second-order valence-electron chi connectivity index (χ2n) is 6.48. The van der Waals surface area contributed by atoms with Crippen molar-refractivity contribution >= 4 is 28.0 Å². The SMILES string of the molecule is COc1ccccc1C(C)NC(=O)Cn1cnc2c(oc3ccccc32)c1=O. The van der Waals surface area contributed by atoms with E-state index in [1.165, 1.54) is 10.9 Å². The van der Waals surface area contributed by atoms with Crippen molar-refractivity contribution in [2.75, 3.05) is 7.11 Å². The summed E-state index contributed by atoms with van der Waals surface area (Å²) in [5.41, 5.74) is 1.71. The quantitative estimate of drug-likeness (QED) is 0.578. The van der Waals surface area contributed by atoms with Crippen LogP contribution in [0, 0.1) is 0 Å². The standard InChI is InChI=1S/C21H19N3O4/c1-13(14-7-3-5-9-16(14)27-2)23-18(25)11-24-12-22-19-15-8-4-6-10-17(15)28-20(19)21(24)26/h3-10,12-13H,11H2,1-2H3,(H,23,25). The molecule has 0 radical (unpaired) electrons. The van der Waals surface area contributed by atoms with Crippen molar-refractivity contribution in [3.8, 4) is 5.75 Å². The fourth-order valence-electron chi connectivity index (χ4n) is 3.27. The van der Waals surface area contributed by atoms with Crippen molar-refractivity contribution in [1.82, 2.24) is 14.9 Å². The number of aromatic nitrogens is 2. The lowest BCUT2D eigenvalue weighted by Crippen LogP contribution is -2.34. The number of furan rings is 1. The lowest BCUT2D eigenvalue weighted by atomic mass is 10.1. The molecule has 4 aromatic rings. The number of nitrogens with zero attached hydrogens (tertiary/aromatic N) is 2. The van der Waals surface area contributed by atoms with E-state index < -0.39 is 0 Å². The smallest absolute Gasteiger partial charge is 0.297 e. The highest BCUT2D eigenvalue weighted by molar-refractivity contribution is 6.01. The maximum absolute atomic E-state index is 12.7. The van der Waals surface area contributed by atoms with E-state index in [4.69, 9.17) is 9.15 Å². The van der Waals surface area contributed by atoms with Gasteiger partial charge in [0, 0.05) is 10.9 Å². The van der Waals surface area contributed by atoms with Crippen LogP contribution in [0.4, 0.5) is 0 Å². The highest BCUT2D eigenvalue weighted by atomic mass is 16.5. The molecule has 0 aliphatic heterocycles. The van der Waals surface area contributed by atoms with Crippen LogP contribution in [0.1, 0.15) is 18.5 Å². The first-order valence-corrected chi connectivity index (χ1v) is 8.87. The first-order chi connectivity index (χ1) is 13.6. The van der Waals surface area contributed by atoms with Gasteiger partial charge in [-0.05, 0) is 25.1 Å². The molecule has 0 aliphatic carbocycles. The number of ether oxygens (including phenoxy) is 1. The summed E-state index contributed by atoms with van der Waals surface area (Å²) < 4.78 is 12.2. The first-order valence-electron chi connectivity index (χ1n) is 8.87. The molecule has 0 saturated carbocycles. The van der Waals surface area contributed by atoms with Gasteiger partial charge in [0.15, 0.2) is 0 Å². The monoisotopic (exact) mass is 377 g/mol. The van der Waals surface area contributed by atoms with Crippen LogP contribution in [0.2, 0.25) is 0 Å². The molecule has 1 amide bonds. The van der Waals surface area contributed by atoms with Crippen molar-refractivity contribution in [2.45, 2.75) is 19.5 Å². The molecule has 28 heavy (non-hydrogen) atoms. The summed E-state index contributed by atoms with van der Waals surface area (Å²) in [7, 11) is 1.58. The summed E-state index contributed by atoms with van der Waals surface area (Å²) in [6, 6.07) is 14.5. The number of hydrogen-bond donors (Lipinski definition) is 1. The van der Waals surface area contributed by atoms with Gasteiger partial charge in [0.1, 0.15) is 23.4 Å². The maximum atomic E-state index is 12.7. The van der Waals surface area contributed by atoms with Gasteiger partial charge in [-0.15, -0.1) is 0 Å². The molecule has 2 aromatic heterocycles. The normalized spacial score (nSPS) is 12.2. The predicted molar refractivity (Wildman–Crippen MR) is 105 cm³/mol. The second-order valence-corrected chi connectivity index (χ2v) is 6.48. The molecule has 0 aliphatic rings. The Kier molecular flexibility index (Phi) is 4.57. The molecular formula is C21H19N3O4. The van der Waals surface area contributed by atoms with Gasteiger partial charge in [-0.3, -0.25) is 14.2 Å². The molecule has 7 nitrogen and oxygen atoms in total. The Morgan fingerprint density at radius 2 is 1.96 bits per heavy atom. The number of methoxy groups -OCH3 is 1. The van der Waals surface area contributed by atoms with E-state index in [-0.39, 0.29) is 29.6 Å². The third-order valence-corrected chi connectivity index (χ3v) is 4.65. The maximum Gasteiger partial charge on any atom is 0.297 e. The number of carbonyl (C=O) groups excluding carboxylic acids is 1. The topological polar surface area (TPSA) is 86.4 Å². The molecule has 2 heterocycles. The molecule has 1 atom stereocenters. The number of nitrogens with one attached hydrogen (secondary N) is 1. The zero-order valence-electron chi connectivity index (χ0n) is 15.5. The molecule has 1 N–H and O–H groups in total. The van der Waals surface area contributed by atoms with Crippen LogP contribution in [-0.4, -0.2) is 22.6 Å². The van der Waals surface area contributed by atoms with E-state index in [1.54, 1.807) is 13.2 Å². The Hall–Kier alpha value is -3.61. The average Bonchev–Trinajstić information content (AvgIpc) is 3.09. The molecule has 1 unspecified atom stereocenters. The lowest BCUT2D eigenvalue weighted by Gasteiger charge is -2.17. The number of benzene rings is 2. The van der Waals surface area contributed by atoms with E-state index in [0.717, 1.165) is 10.9 Å². The highest BCUT2D eigenvalue weighted by Crippen LogP contribution is 2.25. The second kappa shape index (κ2) is 7.19. The largest absolute Gasteiger partial charge is 0.496 e. The molecule has 142 valence electrons. The Labute approximate surface area is 160 Å². The van der Waals surface area contributed by atoms with Crippen molar-refractivity contribution in [2.24, 2.45) is 0 Å². The molecule has 0 bridgehead atoms. The van der Waals surface area contributed by atoms with Crippen LogP contribution in [-0.2, 0) is 11.3 Å². The van der Waals surface area contributed by atoms with Crippen molar-refractivity contribution < 1.29 is 13.9 Å². The third kappa shape index (κ3) is 3.11. The van der Waals surface area contributed by atoms with Crippen LogP contribution in [0.15, 0.2) is 64.1 Å². The van der Waals surface area contributed by atoms with Gasteiger partial charge in [0.05, 0.1) is 19.5 Å². The first kappa shape index (κ1) is 17.8. The molecule has 2 aromatic carbocycles. The summed E-state index contributed by atoms with van der Waals surface area (Å²) in [5.74, 6) is 0.385. The van der Waals surface area contributed by atoms with Crippen molar-refractivity contribution in [1.29, 1.82) is 0 Å². The molecule has 4 rings (SSSR count). The Morgan fingerprint density at radius 3 is 2.79 bits per heavy atom. The van der Waals surface area contributed by atoms with Gasteiger partial charge < -0.3 is 14.5 Å². The van der Waals surface area contributed by atoms with E-state index in [9.17, 15) is 9.59 Å². The fourth-order valence-corrected chi connectivity index (χ4v) is 3.27. The summed E-state index contributed by atoms with van der Waals surface area (Å²) in [6.07, 6.45) is 1.37. The van der Waals surface area contributed by atoms with Crippen LogP contribution in [0.5, 0.6) is 5.75 Å². The van der Waals surface area contributed by atoms with Crippen LogP contribution in [0.25, 0.3) is 22.1 Å². The number of hydrogen-bond acceptors (Lipinski definition) is 5. The van der Waals surface area contributed by atoms with E-state index >= 15 is 0 Å². The molecule has 0 saturated heterocycles. The van der Waals surface area contributed by atoms with E-state index in [2.05, 4.69) is 10.3 Å². The zero-order chi connectivity index (χ0) is 19.7. The minimum atomic E-state index is -0.388. The average molecular weight is 377 g/mol. The van der Waals surface area contributed by atoms with Gasteiger partial charge in [-0.25, -0.2) is 4.98 Å². The number of para-hydroxylation sites is 2. The van der Waals surface area contributed by atoms with Crippen LogP contribution < -0.4 is 15.6 Å². The predicted octanol–water partition coefficient (Wildman–Crippen LogP) is 3.03. The minimum Gasteiger partial charge on any atom is -0.496 e. The number of carbonyl (C=O) groups is 1. The zero-order valence-corrected chi connectivity index (χ0v) is 15.5. The summed E-state index contributed by atoms with van der Waals surface area (Å²) in [6.45, 7) is 1.71. The Bertz CT molecular complexity index is 1230. The third-order valence-electron chi connectivity index (χ3n) is 4.65. The Morgan fingerprint density at radius 1 is 1.21 bits per heavy atom. The summed E-state index contributed by atoms with van der Waals surface area (Å²) in [5, 5.41) is 3.66. The van der Waals surface area contributed by atoms with Gasteiger partial charge >= 0.3 is 0 Å². The number of rotatable bonds is 5. The summed E-state index contributed by atoms with van der Waals surface area (Å²) >= 11 is 0. The van der Waals surface area contributed by atoms with Gasteiger partial charge in [-0.2, -0.15) is 0 Å². The lowest BCUT2D eigenvalue weighted by molar-refractivity contribution is -0.122.